The van der Waals surface area contributed by atoms with E-state index in [9.17, 15) is 13.2 Å². The van der Waals surface area contributed by atoms with Gasteiger partial charge in [0.05, 0.1) is 6.61 Å². The summed E-state index contributed by atoms with van der Waals surface area (Å²) in [6, 6.07) is 13.4. The number of hydrogen-bond donors (Lipinski definition) is 1. The second-order valence-electron chi connectivity index (χ2n) is 6.68. The van der Waals surface area contributed by atoms with Gasteiger partial charge in [-0.2, -0.15) is 13.2 Å². The molecule has 0 aliphatic rings. The highest BCUT2D eigenvalue weighted by Crippen LogP contribution is 2.21. The van der Waals surface area contributed by atoms with E-state index in [0.29, 0.717) is 31.7 Å². The predicted octanol–water partition coefficient (Wildman–Crippen LogP) is 5.29. The van der Waals surface area contributed by atoms with Crippen LogP contribution in [0.4, 0.5) is 19.0 Å². The van der Waals surface area contributed by atoms with Crippen molar-refractivity contribution in [3.63, 3.8) is 0 Å². The van der Waals surface area contributed by atoms with Crippen LogP contribution in [0.5, 0.6) is 5.75 Å². The summed E-state index contributed by atoms with van der Waals surface area (Å²) >= 11 is 0. The molecule has 1 heterocycles. The van der Waals surface area contributed by atoms with Crippen molar-refractivity contribution in [2.75, 3.05) is 31.6 Å². The first-order chi connectivity index (χ1) is 13.9. The molecule has 0 radical (unpaired) electrons. The molecule has 7 heteroatoms. The molecule has 4 nitrogen and oxygen atoms in total. The van der Waals surface area contributed by atoms with Crippen molar-refractivity contribution in [1.29, 1.82) is 0 Å². The number of ether oxygens (including phenoxy) is 1. The predicted molar refractivity (Wildman–Crippen MR) is 110 cm³/mol. The van der Waals surface area contributed by atoms with Crippen molar-refractivity contribution in [2.24, 2.45) is 0 Å². The van der Waals surface area contributed by atoms with Gasteiger partial charge in [0, 0.05) is 25.0 Å². The van der Waals surface area contributed by atoms with Crippen molar-refractivity contribution >= 4 is 5.82 Å². The average Bonchev–Trinajstić information content (AvgIpc) is 2.71. The smallest absolute Gasteiger partial charge is 0.405 e. The van der Waals surface area contributed by atoms with E-state index in [1.165, 1.54) is 4.90 Å². The molecule has 0 atom stereocenters. The Morgan fingerprint density at radius 1 is 1.17 bits per heavy atom. The Bertz CT molecular complexity index is 733. The summed E-state index contributed by atoms with van der Waals surface area (Å²) < 4.78 is 43.5. The Morgan fingerprint density at radius 3 is 2.55 bits per heavy atom. The van der Waals surface area contributed by atoms with Crippen molar-refractivity contribution in [3.05, 3.63) is 66.5 Å². The number of benzene rings is 1. The number of halogens is 3. The fourth-order valence-electron chi connectivity index (χ4n) is 2.81. The highest BCUT2D eigenvalue weighted by atomic mass is 19.4. The quantitative estimate of drug-likeness (QED) is 0.485. The van der Waals surface area contributed by atoms with Gasteiger partial charge >= 0.3 is 6.18 Å². The lowest BCUT2D eigenvalue weighted by molar-refractivity contribution is -0.141. The minimum Gasteiger partial charge on any atom is -0.494 e. The second kappa shape index (κ2) is 11.3. The summed E-state index contributed by atoms with van der Waals surface area (Å²) in [4.78, 5) is 5.47. The fraction of sp³-hybridized carbons (Fsp3) is 0.409. The van der Waals surface area contributed by atoms with Crippen LogP contribution in [0.1, 0.15) is 25.3 Å². The van der Waals surface area contributed by atoms with Gasteiger partial charge in [0.25, 0.3) is 0 Å². The fourth-order valence-corrected chi connectivity index (χ4v) is 2.81. The molecule has 1 aromatic heterocycles. The lowest BCUT2D eigenvalue weighted by Crippen LogP contribution is -2.33. The Labute approximate surface area is 170 Å². The molecule has 0 amide bonds. The molecule has 158 valence electrons. The summed E-state index contributed by atoms with van der Waals surface area (Å²) in [5.74, 6) is 1.62. The van der Waals surface area contributed by atoms with E-state index >= 15 is 0 Å². The third kappa shape index (κ3) is 8.89. The highest BCUT2D eigenvalue weighted by molar-refractivity contribution is 5.32. The van der Waals surface area contributed by atoms with Crippen molar-refractivity contribution in [2.45, 2.75) is 32.4 Å². The zero-order valence-electron chi connectivity index (χ0n) is 16.7. The summed E-state index contributed by atoms with van der Waals surface area (Å²) in [5, 5.41) is 3.22. The van der Waals surface area contributed by atoms with E-state index in [0.717, 1.165) is 30.1 Å². The maximum absolute atomic E-state index is 12.6. The number of anilines is 1. The maximum Gasteiger partial charge on any atom is 0.405 e. The summed E-state index contributed by atoms with van der Waals surface area (Å²) in [5.41, 5.74) is 1.55. The van der Waals surface area contributed by atoms with E-state index in [1.807, 2.05) is 42.5 Å². The standard InChI is InChI=1S/C22H28F3N3O/c1-3-28(17-22(23,24)25)18(2)8-9-19-10-12-20(13-11-19)29-16-6-15-27-21-7-4-5-14-26-21/h4-5,7,10-14H,2-3,6,8-9,15-17H2,1H3,(H,26,27). The number of rotatable bonds is 12. The topological polar surface area (TPSA) is 37.4 Å². The first-order valence-corrected chi connectivity index (χ1v) is 9.73. The monoisotopic (exact) mass is 407 g/mol. The molecule has 0 aliphatic heterocycles. The molecule has 0 saturated carbocycles. The van der Waals surface area contributed by atoms with Gasteiger partial charge in [0.15, 0.2) is 0 Å². The summed E-state index contributed by atoms with van der Waals surface area (Å²) in [7, 11) is 0. The minimum absolute atomic E-state index is 0.292. The van der Waals surface area contributed by atoms with E-state index in [-0.39, 0.29) is 0 Å². The van der Waals surface area contributed by atoms with Gasteiger partial charge in [0.1, 0.15) is 18.1 Å². The van der Waals surface area contributed by atoms with Gasteiger partial charge < -0.3 is 15.0 Å². The first-order valence-electron chi connectivity index (χ1n) is 9.73. The number of hydrogen-bond acceptors (Lipinski definition) is 4. The molecule has 2 rings (SSSR count). The average molecular weight is 407 g/mol. The molecule has 1 aromatic carbocycles. The third-order valence-electron chi connectivity index (χ3n) is 4.39. The largest absolute Gasteiger partial charge is 0.494 e. The number of pyridine rings is 1. The van der Waals surface area contributed by atoms with Crippen LogP contribution in [0.15, 0.2) is 60.9 Å². The van der Waals surface area contributed by atoms with E-state index in [2.05, 4.69) is 16.9 Å². The van der Waals surface area contributed by atoms with E-state index < -0.39 is 12.7 Å². The van der Waals surface area contributed by atoms with E-state index in [4.69, 9.17) is 4.74 Å². The van der Waals surface area contributed by atoms with Gasteiger partial charge in [0.2, 0.25) is 0 Å². The number of allylic oxidation sites excluding steroid dienone is 1. The lowest BCUT2D eigenvalue weighted by atomic mass is 10.1. The van der Waals surface area contributed by atoms with Gasteiger partial charge in [-0.3, -0.25) is 0 Å². The molecule has 0 saturated heterocycles. The molecular formula is C22H28F3N3O. The number of nitrogens with zero attached hydrogens (tertiary/aromatic N) is 2. The molecule has 1 N–H and O–H groups in total. The molecule has 2 aromatic rings. The summed E-state index contributed by atoms with van der Waals surface area (Å²) in [6.07, 6.45) is -0.508. The van der Waals surface area contributed by atoms with Gasteiger partial charge in [-0.05, 0) is 56.0 Å². The molecule has 0 spiro atoms. The summed E-state index contributed by atoms with van der Waals surface area (Å²) in [6.45, 7) is 6.20. The van der Waals surface area contributed by atoms with Crippen LogP contribution in [0.3, 0.4) is 0 Å². The lowest BCUT2D eigenvalue weighted by Gasteiger charge is -2.26. The van der Waals surface area contributed by atoms with Crippen molar-refractivity contribution in [3.8, 4) is 5.75 Å². The van der Waals surface area contributed by atoms with Crippen LogP contribution in [0.25, 0.3) is 0 Å². The number of alkyl halides is 3. The molecule has 0 unspecified atom stereocenters. The maximum atomic E-state index is 12.6. The van der Waals surface area contributed by atoms with Crippen LogP contribution in [0.2, 0.25) is 0 Å². The number of aryl methyl sites for hydroxylation is 1. The SMILES string of the molecule is C=C(CCc1ccc(OCCCNc2ccccn2)cc1)N(CC)CC(F)(F)F. The van der Waals surface area contributed by atoms with Crippen LogP contribution < -0.4 is 10.1 Å². The number of nitrogens with one attached hydrogen (secondary N) is 1. The zero-order chi connectivity index (χ0) is 21.1. The Morgan fingerprint density at radius 2 is 1.93 bits per heavy atom. The minimum atomic E-state index is -4.22. The van der Waals surface area contributed by atoms with Gasteiger partial charge in [-0.25, -0.2) is 4.98 Å². The second-order valence-corrected chi connectivity index (χ2v) is 6.68. The molecule has 0 bridgehead atoms. The Hall–Kier alpha value is -2.70. The van der Waals surface area contributed by atoms with Gasteiger partial charge in [-0.1, -0.05) is 24.8 Å². The molecule has 0 aliphatic carbocycles. The van der Waals surface area contributed by atoms with Gasteiger partial charge in [-0.15, -0.1) is 0 Å². The zero-order valence-corrected chi connectivity index (χ0v) is 16.7. The van der Waals surface area contributed by atoms with Crippen LogP contribution in [0, 0.1) is 0 Å². The normalized spacial score (nSPS) is 11.2. The highest BCUT2D eigenvalue weighted by Gasteiger charge is 2.30. The van der Waals surface area contributed by atoms with Crippen LogP contribution >= 0.6 is 0 Å². The Kier molecular flexibility index (Phi) is 8.83. The molecule has 0 fully saturated rings. The van der Waals surface area contributed by atoms with Crippen LogP contribution in [-0.4, -0.2) is 42.3 Å². The van der Waals surface area contributed by atoms with Crippen molar-refractivity contribution in [1.82, 2.24) is 9.88 Å². The molecule has 29 heavy (non-hydrogen) atoms. The first kappa shape index (κ1) is 22.6. The van der Waals surface area contributed by atoms with E-state index in [1.54, 1.807) is 13.1 Å². The van der Waals surface area contributed by atoms with Crippen molar-refractivity contribution < 1.29 is 17.9 Å². The van der Waals surface area contributed by atoms with Crippen LogP contribution in [-0.2, 0) is 6.42 Å². The third-order valence-corrected chi connectivity index (χ3v) is 4.39. The molecular weight excluding hydrogens is 379 g/mol. The Balaban J connectivity index is 1.68. The number of aromatic nitrogens is 1.